The molecule has 0 amide bonds. The minimum atomic E-state index is 0. The number of hydrogen-bond acceptors (Lipinski definition) is 0. The molecule has 0 aromatic heterocycles. The van der Waals surface area contributed by atoms with E-state index in [0.29, 0.717) is 0 Å². The molecule has 0 aliphatic heterocycles. The van der Waals surface area contributed by atoms with Crippen LogP contribution in [0.15, 0.2) is 340 Å². The van der Waals surface area contributed by atoms with E-state index in [2.05, 4.69) is 395 Å². The zero-order valence-electron chi connectivity index (χ0n) is 53.0. The van der Waals surface area contributed by atoms with Crippen LogP contribution in [0.4, 0.5) is 0 Å². The second kappa shape index (κ2) is 44.4. The van der Waals surface area contributed by atoms with Crippen molar-refractivity contribution >= 4 is 126 Å². The maximum atomic E-state index is 2.17. The van der Waals surface area contributed by atoms with E-state index in [4.69, 9.17) is 0 Å². The predicted octanol–water partition coefficient (Wildman–Crippen LogP) is 18.3. The van der Waals surface area contributed by atoms with Crippen molar-refractivity contribution in [2.45, 2.75) is 55.4 Å². The summed E-state index contributed by atoms with van der Waals surface area (Å²) in [6, 6.07) is 119. The van der Waals surface area contributed by atoms with Crippen LogP contribution in [0.25, 0.3) is 0 Å². The largest absolute Gasteiger partial charge is 2.00 e. The Kier molecular flexibility index (Phi) is 37.3. The molecule has 12 aromatic carbocycles. The molecule has 85 heavy (non-hydrogen) atoms. The van der Waals surface area contributed by atoms with Gasteiger partial charge < -0.3 is 2.85 Å². The van der Waals surface area contributed by atoms with Crippen molar-refractivity contribution in [2.24, 2.45) is 0 Å². The molecule has 5 heteroatoms. The fraction of sp³-hybridized carbons (Fsp3) is 0.100. The Morgan fingerprint density at radius 1 is 0.141 bits per heavy atom. The van der Waals surface area contributed by atoms with Crippen LogP contribution >= 0.6 is 34.3 Å². The van der Waals surface area contributed by atoms with Crippen molar-refractivity contribution in [3.63, 3.8) is 0 Å². The van der Waals surface area contributed by atoms with Gasteiger partial charge in [0, 0.05) is 0 Å². The molecule has 0 aliphatic carbocycles. The van der Waals surface area contributed by atoms with Gasteiger partial charge in [-0.2, -0.15) is 0 Å². The van der Waals surface area contributed by atoms with Crippen LogP contribution in [0.1, 0.15) is 47.4 Å². The summed E-state index contributed by atoms with van der Waals surface area (Å²) in [5, 5.41) is 11.2. The van der Waals surface area contributed by atoms with Crippen LogP contribution in [0.5, 0.6) is 0 Å². The number of aryl methyl sites for hydroxylation is 8. The average Bonchev–Trinajstić information content (AvgIpc) is 3.58. The van der Waals surface area contributed by atoms with Gasteiger partial charge in [0.15, 0.2) is 0 Å². The summed E-state index contributed by atoms with van der Waals surface area (Å²) in [4.78, 5) is 0. The molecular weight excluding hydrogens is 1220 g/mol. The molecule has 428 valence electrons. The number of benzene rings is 12. The SMILES string of the molecule is Cc1ccc(C)cc1.Cc1ccc(C)cc1.Cc1ccc(C)cc1.Cc1ccc(C)cc1.[Ba+2].[H-].[H-].c1ccc(Pc2ccccc2)cc1.c1ccc(Pc2ccccc2)cc1.c1ccc(Pc2ccccc2)cc1.c1ccc(Pc2ccccc2)cc1. The van der Waals surface area contributed by atoms with Crippen LogP contribution in [0.3, 0.4) is 0 Å². The minimum Gasteiger partial charge on any atom is -1.00 e. The van der Waals surface area contributed by atoms with Crippen LogP contribution in [0, 0.1) is 55.4 Å². The Hall–Kier alpha value is -6.07. The maximum Gasteiger partial charge on any atom is 2.00 e. The zero-order valence-corrected chi connectivity index (χ0v) is 59.5. The van der Waals surface area contributed by atoms with E-state index in [-0.39, 0.29) is 51.7 Å². The van der Waals surface area contributed by atoms with Gasteiger partial charge in [-0.3, -0.25) is 0 Å². The monoisotopic (exact) mass is 1310 g/mol. The van der Waals surface area contributed by atoms with Crippen molar-refractivity contribution in [1.29, 1.82) is 0 Å². The summed E-state index contributed by atoms with van der Waals surface area (Å²) in [5.74, 6) is 0. The van der Waals surface area contributed by atoms with E-state index >= 15 is 0 Å². The smallest absolute Gasteiger partial charge is 1.00 e. The summed E-state index contributed by atoms with van der Waals surface area (Å²) in [6.45, 7) is 16.8. The first-order valence-electron chi connectivity index (χ1n) is 28.6. The molecule has 0 atom stereocenters. The second-order valence-corrected chi connectivity index (χ2v) is 25.7. The molecule has 0 nitrogen and oxygen atoms in total. The van der Waals surface area contributed by atoms with E-state index in [9.17, 15) is 0 Å². The molecule has 0 saturated heterocycles. The van der Waals surface area contributed by atoms with E-state index in [1.54, 1.807) is 0 Å². The van der Waals surface area contributed by atoms with Gasteiger partial charge in [0.1, 0.15) is 0 Å². The zero-order chi connectivity index (χ0) is 59.7. The molecule has 12 aromatic rings. The molecule has 12 rings (SSSR count). The fourth-order valence-electron chi connectivity index (χ4n) is 7.39. The summed E-state index contributed by atoms with van der Waals surface area (Å²) in [6.07, 6.45) is 0. The first-order valence-corrected chi connectivity index (χ1v) is 32.6. The van der Waals surface area contributed by atoms with Crippen LogP contribution < -0.4 is 42.4 Å². The molecule has 0 radical (unpaired) electrons. The molecule has 0 N–H and O–H groups in total. The third kappa shape index (κ3) is 34.6. The van der Waals surface area contributed by atoms with Crippen molar-refractivity contribution < 1.29 is 2.85 Å². The first kappa shape index (κ1) is 71.4. The Labute approximate surface area is 562 Å². The molecule has 0 heterocycles. The summed E-state index contributed by atoms with van der Waals surface area (Å²) >= 11 is 0. The van der Waals surface area contributed by atoms with Gasteiger partial charge in [0.25, 0.3) is 0 Å². The topological polar surface area (TPSA) is 0 Å². The van der Waals surface area contributed by atoms with Gasteiger partial charge >= 0.3 is 48.9 Å². The Morgan fingerprint density at radius 2 is 0.224 bits per heavy atom. The molecule has 0 bridgehead atoms. The van der Waals surface area contributed by atoms with Gasteiger partial charge in [0.05, 0.1) is 0 Å². The molecular formula is C80H86BaP4. The minimum absolute atomic E-state index is 0. The second-order valence-electron chi connectivity index (χ2n) is 20.0. The van der Waals surface area contributed by atoms with Crippen molar-refractivity contribution in [1.82, 2.24) is 0 Å². The number of rotatable bonds is 8. The summed E-state index contributed by atoms with van der Waals surface area (Å²) in [5.41, 5.74) is 10.6. The molecule has 0 aliphatic rings. The van der Waals surface area contributed by atoms with Crippen LogP contribution in [-0.4, -0.2) is 48.9 Å². The van der Waals surface area contributed by atoms with Gasteiger partial charge in [-0.25, -0.2) is 0 Å². The Balaban J connectivity index is 0.000000341. The van der Waals surface area contributed by atoms with Crippen molar-refractivity contribution in [2.75, 3.05) is 0 Å². The third-order valence-corrected chi connectivity index (χ3v) is 17.2. The average molecular weight is 1310 g/mol. The maximum absolute atomic E-state index is 2.17. The van der Waals surface area contributed by atoms with Crippen LogP contribution in [0.2, 0.25) is 0 Å². The van der Waals surface area contributed by atoms with E-state index in [1.807, 2.05) is 0 Å². The third-order valence-electron chi connectivity index (χ3n) is 12.2. The molecule has 0 spiro atoms. The van der Waals surface area contributed by atoms with Gasteiger partial charge in [-0.1, -0.05) is 419 Å². The van der Waals surface area contributed by atoms with Crippen molar-refractivity contribution in [3.8, 4) is 0 Å². The summed E-state index contributed by atoms with van der Waals surface area (Å²) in [7, 11) is 3.11. The molecule has 0 unspecified atom stereocenters. The fourth-order valence-corrected chi connectivity index (χ4v) is 11.6. The quantitative estimate of drug-likeness (QED) is 0.105. The molecule has 0 fully saturated rings. The Morgan fingerprint density at radius 3 is 0.306 bits per heavy atom. The van der Waals surface area contributed by atoms with Crippen molar-refractivity contribution in [3.05, 3.63) is 384 Å². The first-order chi connectivity index (χ1) is 40.9. The number of hydrogen-bond donors (Lipinski definition) is 0. The van der Waals surface area contributed by atoms with E-state index in [1.165, 1.54) is 86.9 Å². The predicted molar refractivity (Wildman–Crippen MR) is 394 cm³/mol. The standard InChI is InChI=1S/4C12H11P.4C8H10.Ba.2H/c4*1-3-7-11(8-4-1)13-12-9-5-2-6-10-12;4*1-7-3-5-8(2)6-4-7;;;/h4*1-10,13H;4*3-6H,1-2H3;;;/q;;;;;;;;+2;2*-1. The van der Waals surface area contributed by atoms with E-state index in [0.717, 1.165) is 34.3 Å². The summed E-state index contributed by atoms with van der Waals surface area (Å²) < 4.78 is 0. The van der Waals surface area contributed by atoms with Crippen LogP contribution in [-0.2, 0) is 0 Å². The van der Waals surface area contributed by atoms with E-state index < -0.39 is 0 Å². The van der Waals surface area contributed by atoms with Gasteiger partial charge in [-0.05, 0) is 97.8 Å². The van der Waals surface area contributed by atoms with Gasteiger partial charge in [-0.15, -0.1) is 0 Å². The normalized spacial score (nSPS) is 9.51. The molecule has 0 saturated carbocycles. The van der Waals surface area contributed by atoms with Gasteiger partial charge in [0.2, 0.25) is 0 Å². The Bertz CT molecular complexity index is 2780.